The van der Waals surface area contributed by atoms with Gasteiger partial charge < -0.3 is 10.1 Å². The van der Waals surface area contributed by atoms with Crippen molar-refractivity contribution in [2.24, 2.45) is 5.92 Å². The number of nitrogens with one attached hydrogen (secondary N) is 1. The Bertz CT molecular complexity index is 1270. The highest BCUT2D eigenvalue weighted by Crippen LogP contribution is 2.16. The molecule has 8 heteroatoms. The third-order valence-corrected chi connectivity index (χ3v) is 5.55. The molecule has 36 heavy (non-hydrogen) atoms. The van der Waals surface area contributed by atoms with Crippen LogP contribution in [0.5, 0.6) is 5.75 Å². The van der Waals surface area contributed by atoms with E-state index >= 15 is 0 Å². The summed E-state index contributed by atoms with van der Waals surface area (Å²) in [7, 11) is 0. The molecule has 3 aromatic carbocycles. The molecule has 0 spiro atoms. The van der Waals surface area contributed by atoms with Gasteiger partial charge in [-0.15, -0.1) is 10.2 Å². The van der Waals surface area contributed by atoms with Crippen LogP contribution in [0.25, 0.3) is 11.4 Å². The van der Waals surface area contributed by atoms with E-state index in [-0.39, 0.29) is 24.2 Å². The summed E-state index contributed by atoms with van der Waals surface area (Å²) in [6, 6.07) is 25.5. The van der Waals surface area contributed by atoms with E-state index in [9.17, 15) is 9.59 Å². The monoisotopic (exact) mass is 483 g/mol. The maximum Gasteiger partial charge on any atom is 0.251 e. The molecule has 0 bridgehead atoms. The number of rotatable bonds is 11. The molecular formula is C28H29N5O3. The van der Waals surface area contributed by atoms with Gasteiger partial charge in [-0.2, -0.15) is 4.80 Å². The van der Waals surface area contributed by atoms with E-state index in [0.717, 1.165) is 11.1 Å². The van der Waals surface area contributed by atoms with E-state index in [4.69, 9.17) is 4.74 Å². The van der Waals surface area contributed by atoms with Crippen LogP contribution in [-0.4, -0.2) is 37.9 Å². The average Bonchev–Trinajstić information content (AvgIpc) is 3.36. The molecule has 8 nitrogen and oxygen atoms in total. The largest absolute Gasteiger partial charge is 0.489 e. The minimum absolute atomic E-state index is 0.0796. The first-order chi connectivity index (χ1) is 17.5. The number of aromatic nitrogens is 4. The van der Waals surface area contributed by atoms with Crippen molar-refractivity contribution < 1.29 is 14.3 Å². The number of carbonyl (C=O) groups excluding carboxylic acids is 2. The molecule has 0 unspecified atom stereocenters. The molecule has 1 amide bonds. The number of carbonyl (C=O) groups is 2. The fourth-order valence-corrected chi connectivity index (χ4v) is 3.69. The highest BCUT2D eigenvalue weighted by Gasteiger charge is 2.24. The Morgan fingerprint density at radius 1 is 0.917 bits per heavy atom. The zero-order valence-corrected chi connectivity index (χ0v) is 20.4. The molecule has 0 radical (unpaired) electrons. The van der Waals surface area contributed by atoms with Gasteiger partial charge in [0.15, 0.2) is 5.78 Å². The maximum atomic E-state index is 13.1. The molecule has 0 fully saturated rings. The van der Waals surface area contributed by atoms with E-state index < -0.39 is 6.04 Å². The normalized spacial score (nSPS) is 11.8. The molecule has 1 heterocycles. The van der Waals surface area contributed by atoms with E-state index in [1.54, 1.807) is 24.3 Å². The van der Waals surface area contributed by atoms with Gasteiger partial charge in [0.1, 0.15) is 18.9 Å². The number of hydrogen-bond donors (Lipinski definition) is 1. The van der Waals surface area contributed by atoms with Crippen LogP contribution >= 0.6 is 0 Å². The van der Waals surface area contributed by atoms with Gasteiger partial charge in [0.05, 0.1) is 6.04 Å². The Morgan fingerprint density at radius 3 is 2.25 bits per heavy atom. The van der Waals surface area contributed by atoms with E-state index in [1.807, 2.05) is 74.5 Å². The molecule has 0 saturated heterocycles. The van der Waals surface area contributed by atoms with Gasteiger partial charge in [0.2, 0.25) is 5.82 Å². The lowest BCUT2D eigenvalue weighted by Crippen LogP contribution is -2.43. The smallest absolute Gasteiger partial charge is 0.251 e. The summed E-state index contributed by atoms with van der Waals surface area (Å²) in [4.78, 5) is 27.3. The average molecular weight is 484 g/mol. The Labute approximate surface area is 210 Å². The van der Waals surface area contributed by atoms with Gasteiger partial charge in [-0.05, 0) is 47.4 Å². The molecule has 1 N–H and O–H groups in total. The number of nitrogens with zero attached hydrogens (tertiary/aromatic N) is 4. The number of ether oxygens (including phenoxy) is 1. The van der Waals surface area contributed by atoms with Crippen LogP contribution in [0.1, 0.15) is 36.2 Å². The number of hydrogen-bond acceptors (Lipinski definition) is 6. The summed E-state index contributed by atoms with van der Waals surface area (Å²) >= 11 is 0. The summed E-state index contributed by atoms with van der Waals surface area (Å²) in [5.41, 5.74) is 2.33. The molecule has 4 aromatic rings. The van der Waals surface area contributed by atoms with Crippen molar-refractivity contribution in [3.8, 4) is 17.1 Å². The first kappa shape index (κ1) is 24.8. The van der Waals surface area contributed by atoms with E-state index in [0.29, 0.717) is 30.2 Å². The van der Waals surface area contributed by atoms with Crippen LogP contribution in [0.4, 0.5) is 0 Å². The number of Topliss-reactive ketones (excluding diaryl/α,β-unsaturated/α-hetero) is 1. The van der Waals surface area contributed by atoms with Gasteiger partial charge in [0, 0.05) is 11.1 Å². The summed E-state index contributed by atoms with van der Waals surface area (Å²) < 4.78 is 5.79. The minimum Gasteiger partial charge on any atom is -0.489 e. The van der Waals surface area contributed by atoms with Crippen LogP contribution in [0.2, 0.25) is 0 Å². The van der Waals surface area contributed by atoms with Crippen molar-refractivity contribution in [2.75, 3.05) is 0 Å². The fourth-order valence-electron chi connectivity index (χ4n) is 3.69. The van der Waals surface area contributed by atoms with Crippen molar-refractivity contribution in [1.82, 2.24) is 25.5 Å². The molecule has 4 rings (SSSR count). The van der Waals surface area contributed by atoms with Gasteiger partial charge >= 0.3 is 0 Å². The lowest BCUT2D eigenvalue weighted by Gasteiger charge is -2.19. The Morgan fingerprint density at radius 2 is 1.58 bits per heavy atom. The second kappa shape index (κ2) is 11.9. The molecular weight excluding hydrogens is 454 g/mol. The lowest BCUT2D eigenvalue weighted by atomic mass is 9.99. The highest BCUT2D eigenvalue weighted by atomic mass is 16.5. The quantitative estimate of drug-likeness (QED) is 0.341. The summed E-state index contributed by atoms with van der Waals surface area (Å²) in [6.07, 6.45) is 0.503. The Balaban J connectivity index is 1.37. The van der Waals surface area contributed by atoms with Crippen LogP contribution in [0.3, 0.4) is 0 Å². The molecule has 0 aliphatic rings. The molecule has 0 saturated carbocycles. The van der Waals surface area contributed by atoms with Crippen LogP contribution in [0.15, 0.2) is 84.9 Å². The van der Waals surface area contributed by atoms with Crippen molar-refractivity contribution in [3.05, 3.63) is 96.1 Å². The topological polar surface area (TPSA) is 99.0 Å². The standard InChI is InChI=1S/C28H29N5O3/c1-20(2)17-25(26(34)18-33-31-27(30-32-33)22-11-7-4-8-12-22)29-28(35)23-13-15-24(16-14-23)36-19-21-9-5-3-6-10-21/h3-16,20,25H,17-19H2,1-2H3,(H,29,35)/t25-/m0/s1. The van der Waals surface area contributed by atoms with Gasteiger partial charge in [-0.25, -0.2) is 0 Å². The van der Waals surface area contributed by atoms with Crippen LogP contribution in [0, 0.1) is 5.92 Å². The summed E-state index contributed by atoms with van der Waals surface area (Å²) in [5, 5.41) is 15.2. The van der Waals surface area contributed by atoms with E-state index in [1.165, 1.54) is 4.80 Å². The van der Waals surface area contributed by atoms with Crippen LogP contribution in [-0.2, 0) is 17.9 Å². The predicted molar refractivity (Wildman–Crippen MR) is 136 cm³/mol. The Kier molecular flexibility index (Phi) is 8.18. The first-order valence-electron chi connectivity index (χ1n) is 11.9. The zero-order chi connectivity index (χ0) is 25.3. The minimum atomic E-state index is -0.669. The fraction of sp³-hybridized carbons (Fsp3) is 0.250. The summed E-state index contributed by atoms with van der Waals surface area (Å²) in [5.74, 6) is 0.813. The number of amides is 1. The summed E-state index contributed by atoms with van der Waals surface area (Å²) in [6.45, 7) is 4.38. The van der Waals surface area contributed by atoms with Gasteiger partial charge in [0.25, 0.3) is 5.91 Å². The van der Waals surface area contributed by atoms with Crippen LogP contribution < -0.4 is 10.1 Å². The van der Waals surface area contributed by atoms with E-state index in [2.05, 4.69) is 20.7 Å². The van der Waals surface area contributed by atoms with Crippen molar-refractivity contribution in [1.29, 1.82) is 0 Å². The van der Waals surface area contributed by atoms with Gasteiger partial charge in [-0.1, -0.05) is 74.5 Å². The lowest BCUT2D eigenvalue weighted by molar-refractivity contribution is -0.122. The molecule has 0 aliphatic heterocycles. The highest BCUT2D eigenvalue weighted by molar-refractivity contribution is 5.98. The number of tetrazole rings is 1. The second-order valence-corrected chi connectivity index (χ2v) is 8.93. The first-order valence-corrected chi connectivity index (χ1v) is 11.9. The SMILES string of the molecule is CC(C)C[C@H](NC(=O)c1ccc(OCc2ccccc2)cc1)C(=O)Cn1nnc(-c2ccccc2)n1. The maximum absolute atomic E-state index is 13.1. The molecule has 1 atom stereocenters. The molecule has 0 aliphatic carbocycles. The molecule has 184 valence electrons. The third kappa shape index (κ3) is 6.85. The van der Waals surface area contributed by atoms with Gasteiger partial charge in [-0.3, -0.25) is 9.59 Å². The number of benzene rings is 3. The second-order valence-electron chi connectivity index (χ2n) is 8.93. The Hall–Kier alpha value is -4.33. The zero-order valence-electron chi connectivity index (χ0n) is 20.4. The number of ketones is 1. The molecule has 1 aromatic heterocycles. The van der Waals surface area contributed by atoms with Crippen molar-refractivity contribution in [2.45, 2.75) is 39.5 Å². The van der Waals surface area contributed by atoms with Crippen molar-refractivity contribution in [3.63, 3.8) is 0 Å². The predicted octanol–water partition coefficient (Wildman–Crippen LogP) is 4.33. The third-order valence-electron chi connectivity index (χ3n) is 5.55. The van der Waals surface area contributed by atoms with Crippen molar-refractivity contribution >= 4 is 11.7 Å².